The summed E-state index contributed by atoms with van der Waals surface area (Å²) in [6.45, 7) is 4.90. The van der Waals surface area contributed by atoms with Gasteiger partial charge in [-0.1, -0.05) is 12.1 Å². The van der Waals surface area contributed by atoms with E-state index in [1.807, 2.05) is 36.9 Å². The number of aliphatic hydroxyl groups is 1. The van der Waals surface area contributed by atoms with E-state index in [4.69, 9.17) is 10.8 Å². The Morgan fingerprint density at radius 3 is 2.62 bits per heavy atom. The van der Waals surface area contributed by atoms with E-state index in [2.05, 4.69) is 0 Å². The summed E-state index contributed by atoms with van der Waals surface area (Å²) >= 11 is 0. The van der Waals surface area contributed by atoms with Gasteiger partial charge in [0.2, 0.25) is 5.91 Å². The lowest BCUT2D eigenvalue weighted by Crippen LogP contribution is -2.34. The lowest BCUT2D eigenvalue weighted by atomic mass is 10.1. The predicted octanol–water partition coefficient (Wildman–Crippen LogP) is 0.799. The Hall–Kier alpha value is -1.55. The van der Waals surface area contributed by atoms with Crippen LogP contribution in [0.5, 0.6) is 0 Å². The van der Waals surface area contributed by atoms with Gasteiger partial charge in [0, 0.05) is 12.2 Å². The highest BCUT2D eigenvalue weighted by Crippen LogP contribution is 2.20. The van der Waals surface area contributed by atoms with Crippen molar-refractivity contribution in [1.82, 2.24) is 0 Å². The number of hydrogen-bond acceptors (Lipinski definition) is 3. The highest BCUT2D eigenvalue weighted by atomic mass is 16.3. The minimum absolute atomic E-state index is 0.0308. The Morgan fingerprint density at radius 2 is 2.19 bits per heavy atom. The molecule has 3 N–H and O–H groups in total. The average Bonchev–Trinajstić information content (AvgIpc) is 2.25. The van der Waals surface area contributed by atoms with E-state index in [9.17, 15) is 4.79 Å². The first kappa shape index (κ1) is 12.5. The fourth-order valence-corrected chi connectivity index (χ4v) is 1.73. The number of anilines is 1. The zero-order chi connectivity index (χ0) is 12.1. The van der Waals surface area contributed by atoms with Gasteiger partial charge in [0.15, 0.2) is 0 Å². The van der Waals surface area contributed by atoms with E-state index in [1.54, 1.807) is 0 Å². The molecule has 0 unspecified atom stereocenters. The van der Waals surface area contributed by atoms with Crippen molar-refractivity contribution in [3.8, 4) is 0 Å². The van der Waals surface area contributed by atoms with Crippen molar-refractivity contribution in [1.29, 1.82) is 0 Å². The van der Waals surface area contributed by atoms with Crippen LogP contribution in [0.3, 0.4) is 0 Å². The van der Waals surface area contributed by atoms with Crippen molar-refractivity contribution in [2.24, 2.45) is 5.73 Å². The fourth-order valence-electron chi connectivity index (χ4n) is 1.73. The second-order valence-electron chi connectivity index (χ2n) is 3.76. The minimum Gasteiger partial charge on any atom is -0.392 e. The van der Waals surface area contributed by atoms with Crippen LogP contribution in [-0.2, 0) is 11.4 Å². The van der Waals surface area contributed by atoms with Crippen molar-refractivity contribution in [2.75, 3.05) is 18.0 Å². The quantitative estimate of drug-likeness (QED) is 0.774. The first-order chi connectivity index (χ1) is 7.58. The Kier molecular flexibility index (Phi) is 4.31. The molecule has 1 aromatic rings. The molecule has 0 heterocycles. The third-order valence-electron chi connectivity index (χ3n) is 2.51. The van der Waals surface area contributed by atoms with Gasteiger partial charge in [0.05, 0.1) is 13.2 Å². The van der Waals surface area contributed by atoms with Gasteiger partial charge in [-0.25, -0.2) is 0 Å². The zero-order valence-electron chi connectivity index (χ0n) is 9.73. The van der Waals surface area contributed by atoms with Gasteiger partial charge in [-0.05, 0) is 31.0 Å². The summed E-state index contributed by atoms with van der Waals surface area (Å²) in [5, 5.41) is 9.01. The van der Waals surface area contributed by atoms with Crippen LogP contribution in [0, 0.1) is 6.92 Å². The number of nitrogens with two attached hydrogens (primary N) is 1. The van der Waals surface area contributed by atoms with Crippen LogP contribution in [0.2, 0.25) is 0 Å². The molecule has 0 aliphatic carbocycles. The zero-order valence-corrected chi connectivity index (χ0v) is 9.73. The van der Waals surface area contributed by atoms with E-state index in [-0.39, 0.29) is 19.1 Å². The molecule has 88 valence electrons. The summed E-state index contributed by atoms with van der Waals surface area (Å²) < 4.78 is 0. The van der Waals surface area contributed by atoms with Crippen LogP contribution in [0.4, 0.5) is 5.69 Å². The number of aliphatic hydroxyl groups excluding tert-OH is 1. The average molecular weight is 222 g/mol. The normalized spacial score (nSPS) is 10.2. The molecule has 0 saturated heterocycles. The largest absolute Gasteiger partial charge is 0.392 e. The number of hydrogen-bond donors (Lipinski definition) is 2. The fraction of sp³-hybridized carbons (Fsp3) is 0.417. The number of benzene rings is 1. The van der Waals surface area contributed by atoms with Crippen LogP contribution in [0.25, 0.3) is 0 Å². The van der Waals surface area contributed by atoms with Gasteiger partial charge >= 0.3 is 0 Å². The van der Waals surface area contributed by atoms with Crippen molar-refractivity contribution in [3.63, 3.8) is 0 Å². The van der Waals surface area contributed by atoms with Crippen molar-refractivity contribution < 1.29 is 9.90 Å². The molecule has 1 aromatic carbocycles. The molecule has 1 amide bonds. The molecule has 0 saturated carbocycles. The molecule has 0 radical (unpaired) electrons. The third kappa shape index (κ3) is 2.97. The Balaban J connectivity index is 2.96. The standard InChI is InChI=1S/C12H18N2O2/c1-3-14(7-12(13)16)11-5-4-10(8-15)6-9(11)2/h4-6,15H,3,7-8H2,1-2H3,(H2,13,16). The van der Waals surface area contributed by atoms with Crippen LogP contribution in [-0.4, -0.2) is 24.1 Å². The summed E-state index contributed by atoms with van der Waals surface area (Å²) in [6, 6.07) is 5.68. The van der Waals surface area contributed by atoms with E-state index < -0.39 is 0 Å². The molecular weight excluding hydrogens is 204 g/mol. The first-order valence-electron chi connectivity index (χ1n) is 5.32. The molecule has 4 heteroatoms. The van der Waals surface area contributed by atoms with Gasteiger partial charge in [0.1, 0.15) is 0 Å². The molecular formula is C12H18N2O2. The Morgan fingerprint density at radius 1 is 1.50 bits per heavy atom. The third-order valence-corrected chi connectivity index (χ3v) is 2.51. The number of amides is 1. The maximum Gasteiger partial charge on any atom is 0.236 e. The van der Waals surface area contributed by atoms with Gasteiger partial charge in [-0.2, -0.15) is 0 Å². The Bertz CT molecular complexity index is 377. The first-order valence-corrected chi connectivity index (χ1v) is 5.32. The van der Waals surface area contributed by atoms with E-state index >= 15 is 0 Å². The second kappa shape index (κ2) is 5.51. The highest BCUT2D eigenvalue weighted by Gasteiger charge is 2.10. The van der Waals surface area contributed by atoms with Crippen LogP contribution < -0.4 is 10.6 Å². The number of aryl methyl sites for hydroxylation is 1. The summed E-state index contributed by atoms with van der Waals surface area (Å²) in [7, 11) is 0. The number of nitrogens with zero attached hydrogens (tertiary/aromatic N) is 1. The van der Waals surface area contributed by atoms with E-state index in [0.29, 0.717) is 0 Å². The molecule has 0 spiro atoms. The van der Waals surface area contributed by atoms with Gasteiger partial charge in [-0.15, -0.1) is 0 Å². The number of primary amides is 1. The molecule has 16 heavy (non-hydrogen) atoms. The van der Waals surface area contributed by atoms with Gasteiger partial charge in [-0.3, -0.25) is 4.79 Å². The predicted molar refractivity (Wildman–Crippen MR) is 64.2 cm³/mol. The number of carbonyl (C=O) groups excluding carboxylic acids is 1. The molecule has 4 nitrogen and oxygen atoms in total. The number of rotatable bonds is 5. The van der Waals surface area contributed by atoms with Gasteiger partial charge in [0.25, 0.3) is 0 Å². The topological polar surface area (TPSA) is 66.6 Å². The van der Waals surface area contributed by atoms with E-state index in [1.165, 1.54) is 0 Å². The molecule has 1 rings (SSSR count). The lowest BCUT2D eigenvalue weighted by molar-refractivity contribution is -0.116. The molecule has 0 fully saturated rings. The Labute approximate surface area is 95.7 Å². The summed E-state index contributed by atoms with van der Waals surface area (Å²) in [5.74, 6) is -0.340. The SMILES string of the molecule is CCN(CC(N)=O)c1ccc(CO)cc1C. The maximum absolute atomic E-state index is 10.9. The molecule has 0 aliphatic rings. The molecule has 0 aromatic heterocycles. The lowest BCUT2D eigenvalue weighted by Gasteiger charge is -2.23. The monoisotopic (exact) mass is 222 g/mol. The molecule has 0 atom stereocenters. The van der Waals surface area contributed by atoms with Crippen molar-refractivity contribution >= 4 is 11.6 Å². The number of carbonyl (C=O) groups is 1. The summed E-state index contributed by atoms with van der Waals surface area (Å²) in [4.78, 5) is 12.8. The van der Waals surface area contributed by atoms with Crippen molar-refractivity contribution in [3.05, 3.63) is 29.3 Å². The van der Waals surface area contributed by atoms with E-state index in [0.717, 1.165) is 23.4 Å². The minimum atomic E-state index is -0.340. The van der Waals surface area contributed by atoms with Crippen LogP contribution >= 0.6 is 0 Å². The molecule has 0 bridgehead atoms. The maximum atomic E-state index is 10.9. The second-order valence-corrected chi connectivity index (χ2v) is 3.76. The van der Waals surface area contributed by atoms with Gasteiger partial charge < -0.3 is 15.7 Å². The van der Waals surface area contributed by atoms with Crippen molar-refractivity contribution in [2.45, 2.75) is 20.5 Å². The smallest absolute Gasteiger partial charge is 0.236 e. The van der Waals surface area contributed by atoms with Crippen LogP contribution in [0.15, 0.2) is 18.2 Å². The van der Waals surface area contributed by atoms with Crippen LogP contribution in [0.1, 0.15) is 18.1 Å². The molecule has 0 aliphatic heterocycles. The summed E-state index contributed by atoms with van der Waals surface area (Å²) in [6.07, 6.45) is 0. The highest BCUT2D eigenvalue weighted by molar-refractivity contribution is 5.79. The summed E-state index contributed by atoms with van der Waals surface area (Å²) in [5.41, 5.74) is 8.08. The number of likely N-dealkylation sites (N-methyl/N-ethyl adjacent to an activating group) is 1.